The molecular weight excluding hydrogens is 348 g/mol. The van der Waals surface area contributed by atoms with Gasteiger partial charge in [0.05, 0.1) is 16.2 Å². The van der Waals surface area contributed by atoms with Crippen molar-refractivity contribution >= 4 is 28.1 Å². The Kier molecular flexibility index (Phi) is 4.35. The molecule has 27 heavy (non-hydrogen) atoms. The zero-order valence-corrected chi connectivity index (χ0v) is 15.2. The minimum absolute atomic E-state index is 0.0722. The van der Waals surface area contributed by atoms with Gasteiger partial charge in [-0.3, -0.25) is 15.1 Å². The van der Waals surface area contributed by atoms with E-state index in [1.54, 1.807) is 18.5 Å². The minimum Gasteiger partial charge on any atom is -0.370 e. The molecule has 1 atom stereocenters. The first-order valence-electron chi connectivity index (χ1n) is 8.81. The lowest BCUT2D eigenvalue weighted by Gasteiger charge is -2.33. The molecule has 0 bridgehead atoms. The number of pyridine rings is 1. The number of aromatic nitrogens is 3. The molecule has 140 valence electrons. The van der Waals surface area contributed by atoms with Gasteiger partial charge in [-0.1, -0.05) is 0 Å². The van der Waals surface area contributed by atoms with E-state index in [1.807, 2.05) is 31.1 Å². The van der Waals surface area contributed by atoms with Crippen molar-refractivity contribution in [3.63, 3.8) is 0 Å². The summed E-state index contributed by atoms with van der Waals surface area (Å²) in [5.41, 5.74) is 1.04. The number of benzene rings is 1. The maximum atomic E-state index is 11.3. The second-order valence-corrected chi connectivity index (χ2v) is 6.89. The summed E-state index contributed by atoms with van der Waals surface area (Å²) in [6.07, 6.45) is 5.17. The molecule has 9 nitrogen and oxygen atoms in total. The number of hydrogen-bond acceptors (Lipinski definition) is 8. The third-order valence-corrected chi connectivity index (χ3v) is 4.91. The smallest absolute Gasteiger partial charge is 0.278 e. The summed E-state index contributed by atoms with van der Waals surface area (Å²) in [5, 5.41) is 16.7. The van der Waals surface area contributed by atoms with E-state index in [9.17, 15) is 10.1 Å². The van der Waals surface area contributed by atoms with Gasteiger partial charge in [0.25, 0.3) is 11.6 Å². The molecule has 9 heteroatoms. The van der Waals surface area contributed by atoms with Crippen LogP contribution in [0.1, 0.15) is 24.7 Å². The molecule has 1 saturated heterocycles. The van der Waals surface area contributed by atoms with Crippen molar-refractivity contribution in [3.05, 3.63) is 46.6 Å². The van der Waals surface area contributed by atoms with Crippen molar-refractivity contribution < 1.29 is 9.45 Å². The number of anilines is 2. The molecule has 0 aliphatic carbocycles. The second-order valence-electron chi connectivity index (χ2n) is 6.89. The van der Waals surface area contributed by atoms with Crippen molar-refractivity contribution in [3.8, 4) is 0 Å². The molecule has 2 aromatic heterocycles. The number of nitro groups is 1. The average Bonchev–Trinajstić information content (AvgIpc) is 3.18. The van der Waals surface area contributed by atoms with Crippen molar-refractivity contribution in [2.75, 3.05) is 37.0 Å². The molecule has 1 aliphatic rings. The maximum absolute atomic E-state index is 11.3. The molecular formula is C18H20N6O3. The van der Waals surface area contributed by atoms with Crippen LogP contribution < -0.4 is 9.80 Å². The highest BCUT2D eigenvalue weighted by molar-refractivity contribution is 5.99. The number of nitrogens with zero attached hydrogens (tertiary/aromatic N) is 6. The fraction of sp³-hybridized carbons (Fsp3) is 0.389. The molecule has 0 N–H and O–H groups in total. The van der Waals surface area contributed by atoms with Crippen LogP contribution in [0, 0.1) is 10.1 Å². The van der Waals surface area contributed by atoms with Gasteiger partial charge in [0.1, 0.15) is 0 Å². The van der Waals surface area contributed by atoms with Gasteiger partial charge in [-0.2, -0.15) is 4.98 Å². The number of fused-ring (bicyclic) bond motifs is 1. The monoisotopic (exact) mass is 368 g/mol. The van der Waals surface area contributed by atoms with Gasteiger partial charge in [0.2, 0.25) is 5.89 Å². The van der Waals surface area contributed by atoms with Gasteiger partial charge in [-0.25, -0.2) is 0 Å². The van der Waals surface area contributed by atoms with E-state index in [0.717, 1.165) is 37.0 Å². The van der Waals surface area contributed by atoms with Crippen molar-refractivity contribution in [1.29, 1.82) is 0 Å². The third-order valence-electron chi connectivity index (χ3n) is 4.91. The van der Waals surface area contributed by atoms with E-state index in [4.69, 9.17) is 4.52 Å². The first-order chi connectivity index (χ1) is 13.0. The lowest BCUT2D eigenvalue weighted by Crippen LogP contribution is -2.34. The molecule has 0 amide bonds. The van der Waals surface area contributed by atoms with Gasteiger partial charge in [0, 0.05) is 56.7 Å². The lowest BCUT2D eigenvalue weighted by molar-refractivity contribution is -0.383. The molecule has 0 radical (unpaired) electrons. The standard InChI is InChI=1S/C18H20N6O3/c1-22(2)18-20-17(27-21-18)12-4-3-9-23(11-12)15-5-6-16(24(25)26)14-10-19-8-7-13(14)15/h5-8,10,12H,3-4,9,11H2,1-2H3. The van der Waals surface area contributed by atoms with Gasteiger partial charge >= 0.3 is 0 Å². The van der Waals surface area contributed by atoms with E-state index in [2.05, 4.69) is 20.0 Å². The molecule has 0 spiro atoms. The largest absolute Gasteiger partial charge is 0.370 e. The summed E-state index contributed by atoms with van der Waals surface area (Å²) in [6.45, 7) is 1.60. The van der Waals surface area contributed by atoms with Crippen LogP contribution in [-0.4, -0.2) is 47.2 Å². The van der Waals surface area contributed by atoms with Gasteiger partial charge in [-0.05, 0) is 30.1 Å². The molecule has 1 aromatic carbocycles. The summed E-state index contributed by atoms with van der Waals surface area (Å²) in [7, 11) is 3.75. The second kappa shape index (κ2) is 6.82. The predicted octanol–water partition coefficient (Wildman–Crippen LogP) is 2.98. The van der Waals surface area contributed by atoms with E-state index in [-0.39, 0.29) is 16.5 Å². The Morgan fingerprint density at radius 3 is 2.89 bits per heavy atom. The highest BCUT2D eigenvalue weighted by Gasteiger charge is 2.28. The Hall–Kier alpha value is -3.23. The Labute approximate surface area is 155 Å². The number of rotatable bonds is 4. The van der Waals surface area contributed by atoms with Gasteiger partial charge in [-0.15, -0.1) is 0 Å². The Balaban J connectivity index is 1.67. The quantitative estimate of drug-likeness (QED) is 0.512. The zero-order valence-electron chi connectivity index (χ0n) is 15.2. The first kappa shape index (κ1) is 17.2. The van der Waals surface area contributed by atoms with Gasteiger partial charge < -0.3 is 14.3 Å². The van der Waals surface area contributed by atoms with E-state index in [1.165, 1.54) is 0 Å². The summed E-state index contributed by atoms with van der Waals surface area (Å²) >= 11 is 0. The Morgan fingerprint density at radius 1 is 1.30 bits per heavy atom. The Morgan fingerprint density at radius 2 is 2.15 bits per heavy atom. The lowest BCUT2D eigenvalue weighted by atomic mass is 9.96. The summed E-state index contributed by atoms with van der Waals surface area (Å²) < 4.78 is 5.46. The average molecular weight is 368 g/mol. The van der Waals surface area contributed by atoms with Crippen LogP contribution in [0.5, 0.6) is 0 Å². The molecule has 1 fully saturated rings. The fourth-order valence-electron chi connectivity index (χ4n) is 3.57. The van der Waals surface area contributed by atoms with Crippen LogP contribution in [0.15, 0.2) is 35.1 Å². The summed E-state index contributed by atoms with van der Waals surface area (Å²) in [4.78, 5) is 23.6. The molecule has 3 heterocycles. The van der Waals surface area contributed by atoms with E-state index >= 15 is 0 Å². The predicted molar refractivity (Wildman–Crippen MR) is 101 cm³/mol. The van der Waals surface area contributed by atoms with Crippen LogP contribution in [0.25, 0.3) is 10.8 Å². The van der Waals surface area contributed by atoms with Crippen LogP contribution in [0.2, 0.25) is 0 Å². The Bertz CT molecular complexity index is 986. The van der Waals surface area contributed by atoms with Crippen LogP contribution in [-0.2, 0) is 0 Å². The van der Waals surface area contributed by atoms with Crippen LogP contribution in [0.3, 0.4) is 0 Å². The summed E-state index contributed by atoms with van der Waals surface area (Å²) in [5.74, 6) is 1.33. The van der Waals surface area contributed by atoms with Crippen molar-refractivity contribution in [2.45, 2.75) is 18.8 Å². The molecule has 1 aliphatic heterocycles. The van der Waals surface area contributed by atoms with Crippen molar-refractivity contribution in [2.24, 2.45) is 0 Å². The first-order valence-corrected chi connectivity index (χ1v) is 8.81. The fourth-order valence-corrected chi connectivity index (χ4v) is 3.57. The van der Waals surface area contributed by atoms with Crippen molar-refractivity contribution in [1.82, 2.24) is 15.1 Å². The molecule has 3 aromatic rings. The van der Waals surface area contributed by atoms with Gasteiger partial charge in [0.15, 0.2) is 0 Å². The highest BCUT2D eigenvalue weighted by atomic mass is 16.6. The van der Waals surface area contributed by atoms with E-state index in [0.29, 0.717) is 17.2 Å². The topological polar surface area (TPSA) is 101 Å². The number of non-ortho nitro benzene ring substituents is 1. The molecule has 0 saturated carbocycles. The summed E-state index contributed by atoms with van der Waals surface area (Å²) in [6, 6.07) is 5.21. The number of hydrogen-bond donors (Lipinski definition) is 0. The normalized spacial score (nSPS) is 17.3. The minimum atomic E-state index is -0.367. The highest BCUT2D eigenvalue weighted by Crippen LogP contribution is 2.36. The zero-order chi connectivity index (χ0) is 19.0. The van der Waals surface area contributed by atoms with Crippen LogP contribution in [0.4, 0.5) is 17.3 Å². The number of piperidine rings is 1. The third kappa shape index (κ3) is 3.16. The SMILES string of the molecule is CN(C)c1noc(C2CCCN(c3ccc([N+](=O)[O-])c4cnccc34)C2)n1. The maximum Gasteiger partial charge on any atom is 0.278 e. The molecule has 4 rings (SSSR count). The molecule has 1 unspecified atom stereocenters. The number of nitro benzene ring substituents is 1. The van der Waals surface area contributed by atoms with E-state index < -0.39 is 0 Å². The van der Waals surface area contributed by atoms with Crippen LogP contribution >= 0.6 is 0 Å².